The highest BCUT2D eigenvalue weighted by atomic mass is 79.9. The molecular weight excluding hydrogens is 398 g/mol. The van der Waals surface area contributed by atoms with Crippen molar-refractivity contribution >= 4 is 43.2 Å². The van der Waals surface area contributed by atoms with E-state index >= 15 is 0 Å². The molecule has 2 aromatic rings. The van der Waals surface area contributed by atoms with Crippen molar-refractivity contribution in [2.24, 2.45) is 0 Å². The zero-order valence-corrected chi connectivity index (χ0v) is 15.3. The summed E-state index contributed by atoms with van der Waals surface area (Å²) < 4.78 is 2.40. The second-order valence-electron chi connectivity index (χ2n) is 5.31. The van der Waals surface area contributed by atoms with E-state index in [4.69, 9.17) is 0 Å². The Hall–Kier alpha value is -0.160. The first-order chi connectivity index (χ1) is 9.65. The van der Waals surface area contributed by atoms with Gasteiger partial charge in [-0.2, -0.15) is 0 Å². The van der Waals surface area contributed by atoms with E-state index in [2.05, 4.69) is 74.4 Å². The molecular formula is C16H17Br2NS. The van der Waals surface area contributed by atoms with E-state index in [0.717, 1.165) is 17.6 Å². The van der Waals surface area contributed by atoms with Crippen LogP contribution in [0.25, 0.3) is 0 Å². The summed E-state index contributed by atoms with van der Waals surface area (Å²) in [5.41, 5.74) is 1.44. The van der Waals surface area contributed by atoms with Crippen LogP contribution in [-0.4, -0.2) is 13.1 Å². The summed E-state index contributed by atoms with van der Waals surface area (Å²) in [6, 6.07) is 11.1. The van der Waals surface area contributed by atoms with Gasteiger partial charge in [0.1, 0.15) is 0 Å². The van der Waals surface area contributed by atoms with Crippen molar-refractivity contribution in [1.82, 2.24) is 5.32 Å². The van der Waals surface area contributed by atoms with Crippen LogP contribution in [0.15, 0.2) is 39.3 Å². The van der Waals surface area contributed by atoms with Crippen molar-refractivity contribution < 1.29 is 0 Å². The van der Waals surface area contributed by atoms with Crippen molar-refractivity contribution in [2.75, 3.05) is 13.1 Å². The number of halogens is 2. The fraction of sp³-hybridized carbons (Fsp3) is 0.375. The molecule has 0 amide bonds. The summed E-state index contributed by atoms with van der Waals surface area (Å²) in [5, 5.41) is 3.55. The van der Waals surface area contributed by atoms with Gasteiger partial charge in [0, 0.05) is 37.1 Å². The highest BCUT2D eigenvalue weighted by molar-refractivity contribution is 9.10. The number of hydrogen-bond donors (Lipinski definition) is 1. The summed E-state index contributed by atoms with van der Waals surface area (Å²) in [5.74, 6) is 1.20. The standard InChI is InChI=1S/C16H17Br2NS/c1-10-15(18)8-16(20-10)13-6-7-19-9-14(13)11-2-4-12(17)5-3-11/h2-5,8,13-14,19H,6-7,9H2,1H3. The van der Waals surface area contributed by atoms with Crippen molar-refractivity contribution in [1.29, 1.82) is 0 Å². The number of benzene rings is 1. The molecule has 1 aromatic carbocycles. The average Bonchev–Trinajstić information content (AvgIpc) is 2.79. The first-order valence-corrected chi connectivity index (χ1v) is 9.27. The van der Waals surface area contributed by atoms with Gasteiger partial charge in [0.25, 0.3) is 0 Å². The summed E-state index contributed by atoms with van der Waals surface area (Å²) in [6.45, 7) is 4.38. The molecule has 1 aliphatic heterocycles. The maximum absolute atomic E-state index is 3.66. The Kier molecular flexibility index (Phi) is 4.65. The lowest BCUT2D eigenvalue weighted by Crippen LogP contribution is -2.33. The molecule has 4 heteroatoms. The fourth-order valence-electron chi connectivity index (χ4n) is 2.92. The van der Waals surface area contributed by atoms with Gasteiger partial charge in [0.05, 0.1) is 0 Å². The van der Waals surface area contributed by atoms with Crippen LogP contribution < -0.4 is 5.32 Å². The Morgan fingerprint density at radius 3 is 2.55 bits per heavy atom. The van der Waals surface area contributed by atoms with E-state index in [1.54, 1.807) is 0 Å². The third kappa shape index (κ3) is 3.03. The molecule has 0 radical (unpaired) electrons. The smallest absolute Gasteiger partial charge is 0.0314 e. The van der Waals surface area contributed by atoms with Gasteiger partial charge < -0.3 is 5.32 Å². The van der Waals surface area contributed by atoms with E-state index in [-0.39, 0.29) is 0 Å². The molecule has 20 heavy (non-hydrogen) atoms. The zero-order valence-electron chi connectivity index (χ0n) is 11.3. The quantitative estimate of drug-likeness (QED) is 0.689. The minimum absolute atomic E-state index is 0.571. The Morgan fingerprint density at radius 1 is 1.15 bits per heavy atom. The molecule has 1 nitrogen and oxygen atoms in total. The monoisotopic (exact) mass is 413 g/mol. The van der Waals surface area contributed by atoms with Gasteiger partial charge in [-0.1, -0.05) is 28.1 Å². The molecule has 2 heterocycles. The van der Waals surface area contributed by atoms with Gasteiger partial charge in [-0.05, 0) is 59.6 Å². The molecule has 106 valence electrons. The lowest BCUT2D eigenvalue weighted by atomic mass is 9.80. The minimum atomic E-state index is 0.571. The van der Waals surface area contributed by atoms with Gasteiger partial charge in [0.2, 0.25) is 0 Å². The number of aryl methyl sites for hydroxylation is 1. The summed E-state index contributed by atoms with van der Waals surface area (Å²) in [7, 11) is 0. The summed E-state index contributed by atoms with van der Waals surface area (Å²) >= 11 is 9.12. The van der Waals surface area contributed by atoms with Gasteiger partial charge in [-0.15, -0.1) is 11.3 Å². The normalized spacial score (nSPS) is 22.9. The summed E-state index contributed by atoms with van der Waals surface area (Å²) in [6.07, 6.45) is 1.22. The molecule has 1 aliphatic rings. The Balaban J connectivity index is 1.92. The second-order valence-corrected chi connectivity index (χ2v) is 8.37. The van der Waals surface area contributed by atoms with Crippen LogP contribution in [0.5, 0.6) is 0 Å². The Bertz CT molecular complexity index is 572. The van der Waals surface area contributed by atoms with Crippen molar-refractivity contribution in [2.45, 2.75) is 25.2 Å². The zero-order chi connectivity index (χ0) is 14.1. The van der Waals surface area contributed by atoms with Crippen LogP contribution in [0.3, 0.4) is 0 Å². The first kappa shape index (κ1) is 14.8. The van der Waals surface area contributed by atoms with E-state index in [1.165, 1.54) is 26.2 Å². The maximum Gasteiger partial charge on any atom is 0.0314 e. The number of hydrogen-bond acceptors (Lipinski definition) is 2. The predicted molar refractivity (Wildman–Crippen MR) is 93.9 cm³/mol. The molecule has 1 fully saturated rings. The molecule has 3 rings (SSSR count). The third-order valence-corrected chi connectivity index (χ3v) is 6.82. The molecule has 1 aromatic heterocycles. The first-order valence-electron chi connectivity index (χ1n) is 6.87. The molecule has 0 aliphatic carbocycles. The predicted octanol–water partition coefficient (Wildman–Crippen LogP) is 5.44. The fourth-order valence-corrected chi connectivity index (χ4v) is 4.95. The summed E-state index contributed by atoms with van der Waals surface area (Å²) in [4.78, 5) is 2.90. The number of rotatable bonds is 2. The number of thiophene rings is 1. The van der Waals surface area contributed by atoms with Crippen LogP contribution in [-0.2, 0) is 0 Å². The number of nitrogens with one attached hydrogen (secondary N) is 1. The highest BCUT2D eigenvalue weighted by Gasteiger charge is 2.29. The van der Waals surface area contributed by atoms with Crippen molar-refractivity contribution in [3.05, 3.63) is 54.6 Å². The second kappa shape index (κ2) is 6.30. The Morgan fingerprint density at radius 2 is 1.90 bits per heavy atom. The van der Waals surface area contributed by atoms with E-state index in [1.807, 2.05) is 11.3 Å². The van der Waals surface area contributed by atoms with Crippen LogP contribution in [0.1, 0.15) is 33.6 Å². The lowest BCUT2D eigenvalue weighted by Gasteiger charge is -2.32. The highest BCUT2D eigenvalue weighted by Crippen LogP contribution is 2.42. The van der Waals surface area contributed by atoms with Crippen LogP contribution in [0, 0.1) is 6.92 Å². The molecule has 1 saturated heterocycles. The third-order valence-electron chi connectivity index (χ3n) is 4.02. The van der Waals surface area contributed by atoms with E-state index in [9.17, 15) is 0 Å². The topological polar surface area (TPSA) is 12.0 Å². The Labute approximate surface area is 141 Å². The average molecular weight is 415 g/mol. The van der Waals surface area contributed by atoms with Crippen LogP contribution >= 0.6 is 43.2 Å². The van der Waals surface area contributed by atoms with Crippen molar-refractivity contribution in [3.8, 4) is 0 Å². The van der Waals surface area contributed by atoms with Gasteiger partial charge in [0.15, 0.2) is 0 Å². The molecule has 0 saturated carbocycles. The van der Waals surface area contributed by atoms with Gasteiger partial charge >= 0.3 is 0 Å². The van der Waals surface area contributed by atoms with Gasteiger partial charge in [-0.25, -0.2) is 0 Å². The largest absolute Gasteiger partial charge is 0.316 e. The van der Waals surface area contributed by atoms with Crippen LogP contribution in [0.4, 0.5) is 0 Å². The molecule has 0 bridgehead atoms. The SMILES string of the molecule is Cc1sc(C2CCNCC2c2ccc(Br)cc2)cc1Br. The van der Waals surface area contributed by atoms with Crippen molar-refractivity contribution in [3.63, 3.8) is 0 Å². The molecule has 2 atom stereocenters. The minimum Gasteiger partial charge on any atom is -0.316 e. The number of piperidine rings is 1. The lowest BCUT2D eigenvalue weighted by molar-refractivity contribution is 0.408. The maximum atomic E-state index is 3.66. The molecule has 1 N–H and O–H groups in total. The van der Waals surface area contributed by atoms with Gasteiger partial charge in [-0.3, -0.25) is 0 Å². The molecule has 0 spiro atoms. The van der Waals surface area contributed by atoms with E-state index in [0.29, 0.717) is 11.8 Å². The van der Waals surface area contributed by atoms with Crippen LogP contribution in [0.2, 0.25) is 0 Å². The molecule has 2 unspecified atom stereocenters. The van der Waals surface area contributed by atoms with E-state index < -0.39 is 0 Å².